The van der Waals surface area contributed by atoms with Gasteiger partial charge in [-0.25, -0.2) is 9.78 Å². The maximum absolute atomic E-state index is 12.6. The van der Waals surface area contributed by atoms with E-state index in [1.54, 1.807) is 36.5 Å². The minimum absolute atomic E-state index is 0.309. The van der Waals surface area contributed by atoms with Crippen LogP contribution in [0.4, 0.5) is 11.5 Å². The minimum atomic E-state index is -0.491. The summed E-state index contributed by atoms with van der Waals surface area (Å²) in [4.78, 5) is 31.2. The predicted octanol–water partition coefficient (Wildman–Crippen LogP) is 3.89. The Morgan fingerprint density at radius 2 is 2.04 bits per heavy atom. The van der Waals surface area contributed by atoms with Crippen molar-refractivity contribution >= 4 is 23.4 Å². The number of aromatic nitrogens is 1. The van der Waals surface area contributed by atoms with Gasteiger partial charge in [0, 0.05) is 18.8 Å². The number of carbonyl (C=O) groups excluding carboxylic acids is 2. The number of carbonyl (C=O) groups is 2. The number of hydrogen-bond donors (Lipinski definition) is 1. The molecule has 2 heterocycles. The summed E-state index contributed by atoms with van der Waals surface area (Å²) in [5.41, 5.74) is 1.18. The first kappa shape index (κ1) is 18.9. The van der Waals surface area contributed by atoms with Gasteiger partial charge in [0.15, 0.2) is 0 Å². The number of methoxy groups -OCH3 is 1. The highest BCUT2D eigenvalue weighted by Gasteiger charge is 2.22. The van der Waals surface area contributed by atoms with Crippen LogP contribution in [0.1, 0.15) is 53.3 Å². The Bertz CT molecular complexity index is 805. The number of amides is 1. The molecule has 1 aliphatic rings. The molecule has 1 atom stereocenters. The minimum Gasteiger partial charge on any atom is -0.465 e. The van der Waals surface area contributed by atoms with E-state index in [2.05, 4.69) is 22.1 Å². The predicted molar refractivity (Wildman–Crippen MR) is 105 cm³/mol. The fourth-order valence-corrected chi connectivity index (χ4v) is 3.49. The quantitative estimate of drug-likeness (QED) is 0.812. The lowest BCUT2D eigenvalue weighted by atomic mass is 10.00. The van der Waals surface area contributed by atoms with Crippen LogP contribution in [-0.2, 0) is 4.74 Å². The number of nitrogens with one attached hydrogen (secondary N) is 1. The second kappa shape index (κ2) is 8.66. The molecule has 0 aliphatic carbocycles. The van der Waals surface area contributed by atoms with Crippen LogP contribution in [0.3, 0.4) is 0 Å². The number of piperidine rings is 1. The molecule has 6 heteroatoms. The van der Waals surface area contributed by atoms with Crippen molar-refractivity contribution in [2.24, 2.45) is 0 Å². The number of benzene rings is 1. The Hall–Kier alpha value is -2.89. The highest BCUT2D eigenvalue weighted by molar-refractivity contribution is 6.07. The molecule has 1 amide bonds. The van der Waals surface area contributed by atoms with Crippen molar-refractivity contribution in [3.05, 3.63) is 53.7 Å². The molecule has 2 aromatic rings. The molecule has 142 valence electrons. The molecule has 0 radical (unpaired) electrons. The molecule has 1 N–H and O–H groups in total. The molecular formula is C21H25N3O3. The van der Waals surface area contributed by atoms with E-state index in [9.17, 15) is 9.59 Å². The van der Waals surface area contributed by atoms with E-state index in [0.29, 0.717) is 22.9 Å². The lowest BCUT2D eigenvalue weighted by molar-refractivity contribution is 0.0602. The van der Waals surface area contributed by atoms with E-state index in [1.165, 1.54) is 26.4 Å². The molecule has 1 aromatic heterocycles. The zero-order valence-corrected chi connectivity index (χ0v) is 15.8. The average Bonchev–Trinajstić information content (AvgIpc) is 2.73. The molecule has 0 saturated carbocycles. The number of rotatable bonds is 5. The van der Waals surface area contributed by atoms with Gasteiger partial charge in [0.1, 0.15) is 5.82 Å². The molecule has 1 saturated heterocycles. The summed E-state index contributed by atoms with van der Waals surface area (Å²) in [5, 5.41) is 2.77. The average molecular weight is 367 g/mol. The van der Waals surface area contributed by atoms with Crippen molar-refractivity contribution in [1.29, 1.82) is 0 Å². The van der Waals surface area contributed by atoms with Crippen molar-refractivity contribution in [3.63, 3.8) is 0 Å². The van der Waals surface area contributed by atoms with E-state index in [4.69, 9.17) is 4.74 Å². The molecule has 27 heavy (non-hydrogen) atoms. The smallest absolute Gasteiger partial charge is 0.339 e. The van der Waals surface area contributed by atoms with Gasteiger partial charge in [0.2, 0.25) is 0 Å². The zero-order valence-electron chi connectivity index (χ0n) is 15.8. The van der Waals surface area contributed by atoms with Gasteiger partial charge >= 0.3 is 5.97 Å². The van der Waals surface area contributed by atoms with E-state index >= 15 is 0 Å². The second-order valence-corrected chi connectivity index (χ2v) is 6.65. The van der Waals surface area contributed by atoms with Crippen LogP contribution in [0.2, 0.25) is 0 Å². The number of nitrogens with zero attached hydrogens (tertiary/aromatic N) is 2. The Morgan fingerprint density at radius 3 is 2.74 bits per heavy atom. The van der Waals surface area contributed by atoms with Gasteiger partial charge in [0.25, 0.3) is 5.91 Å². The van der Waals surface area contributed by atoms with Crippen molar-refractivity contribution in [2.45, 2.75) is 38.6 Å². The van der Waals surface area contributed by atoms with Crippen LogP contribution in [0.5, 0.6) is 0 Å². The van der Waals surface area contributed by atoms with Gasteiger partial charge in [-0.3, -0.25) is 4.79 Å². The first-order chi connectivity index (χ1) is 13.1. The third kappa shape index (κ3) is 4.27. The van der Waals surface area contributed by atoms with Crippen LogP contribution in [0, 0.1) is 0 Å². The fourth-order valence-electron chi connectivity index (χ4n) is 3.49. The van der Waals surface area contributed by atoms with Gasteiger partial charge < -0.3 is 15.0 Å². The first-order valence-corrected chi connectivity index (χ1v) is 9.35. The van der Waals surface area contributed by atoms with Crippen LogP contribution >= 0.6 is 0 Å². The summed E-state index contributed by atoms with van der Waals surface area (Å²) >= 11 is 0. The van der Waals surface area contributed by atoms with E-state index < -0.39 is 5.97 Å². The molecule has 1 aliphatic heterocycles. The van der Waals surface area contributed by atoms with Crippen LogP contribution in [-0.4, -0.2) is 36.6 Å². The molecule has 1 fully saturated rings. The summed E-state index contributed by atoms with van der Waals surface area (Å²) in [6, 6.07) is 11.0. The number of esters is 1. The van der Waals surface area contributed by atoms with Gasteiger partial charge in [0.05, 0.1) is 23.9 Å². The Kier molecular flexibility index (Phi) is 6.06. The molecule has 3 rings (SSSR count). The second-order valence-electron chi connectivity index (χ2n) is 6.65. The normalized spacial score (nSPS) is 16.7. The largest absolute Gasteiger partial charge is 0.465 e. The number of anilines is 2. The maximum atomic E-state index is 12.6. The molecule has 0 spiro atoms. The van der Waals surface area contributed by atoms with E-state index in [0.717, 1.165) is 18.8 Å². The van der Waals surface area contributed by atoms with E-state index in [1.807, 2.05) is 6.07 Å². The topological polar surface area (TPSA) is 71.5 Å². The van der Waals surface area contributed by atoms with Gasteiger partial charge in [-0.05, 0) is 49.9 Å². The van der Waals surface area contributed by atoms with Gasteiger partial charge in [-0.15, -0.1) is 0 Å². The summed E-state index contributed by atoms with van der Waals surface area (Å²) in [6.07, 6.45) is 6.30. The summed E-state index contributed by atoms with van der Waals surface area (Å²) in [6.45, 7) is 3.20. The lowest BCUT2D eigenvalue weighted by Crippen LogP contribution is -2.39. The monoisotopic (exact) mass is 367 g/mol. The van der Waals surface area contributed by atoms with Crippen LogP contribution in [0.15, 0.2) is 42.6 Å². The SMILES string of the molecule is CCC1CCCCN1c1ccc(C(=O)Nc2ccccc2C(=O)OC)cn1. The number of hydrogen-bond acceptors (Lipinski definition) is 5. The lowest BCUT2D eigenvalue weighted by Gasteiger charge is -2.36. The van der Waals surface area contributed by atoms with Crippen molar-refractivity contribution in [2.75, 3.05) is 23.9 Å². The molecule has 0 bridgehead atoms. The molecule has 6 nitrogen and oxygen atoms in total. The standard InChI is InChI=1S/C21H25N3O3/c1-3-16-8-6-7-13-24(16)19-12-11-15(14-22-19)20(25)23-18-10-5-4-9-17(18)21(26)27-2/h4-5,9-12,14,16H,3,6-8,13H2,1-2H3,(H,23,25). The number of ether oxygens (including phenoxy) is 1. The highest BCUT2D eigenvalue weighted by atomic mass is 16.5. The Balaban J connectivity index is 1.74. The molecular weight excluding hydrogens is 342 g/mol. The fraction of sp³-hybridized carbons (Fsp3) is 0.381. The summed E-state index contributed by atoms with van der Waals surface area (Å²) in [5.74, 6) is 0.110. The van der Waals surface area contributed by atoms with Crippen molar-refractivity contribution in [1.82, 2.24) is 4.98 Å². The first-order valence-electron chi connectivity index (χ1n) is 9.35. The van der Waals surface area contributed by atoms with Gasteiger partial charge in [-0.1, -0.05) is 19.1 Å². The number of pyridine rings is 1. The van der Waals surface area contributed by atoms with Crippen molar-refractivity contribution < 1.29 is 14.3 Å². The Labute approximate surface area is 159 Å². The van der Waals surface area contributed by atoms with Crippen LogP contribution < -0.4 is 10.2 Å². The number of para-hydroxylation sites is 1. The maximum Gasteiger partial charge on any atom is 0.339 e. The summed E-state index contributed by atoms with van der Waals surface area (Å²) < 4.78 is 4.76. The molecule has 1 unspecified atom stereocenters. The Morgan fingerprint density at radius 1 is 1.22 bits per heavy atom. The molecule has 1 aromatic carbocycles. The van der Waals surface area contributed by atoms with E-state index in [-0.39, 0.29) is 5.91 Å². The zero-order chi connectivity index (χ0) is 19.2. The van der Waals surface area contributed by atoms with Gasteiger partial charge in [-0.2, -0.15) is 0 Å². The third-order valence-corrected chi connectivity index (χ3v) is 4.98. The highest BCUT2D eigenvalue weighted by Crippen LogP contribution is 2.25. The van der Waals surface area contributed by atoms with Crippen LogP contribution in [0.25, 0.3) is 0 Å². The third-order valence-electron chi connectivity index (χ3n) is 4.98. The van der Waals surface area contributed by atoms with Crippen molar-refractivity contribution in [3.8, 4) is 0 Å². The summed E-state index contributed by atoms with van der Waals surface area (Å²) in [7, 11) is 1.31.